The van der Waals surface area contributed by atoms with E-state index in [1.807, 2.05) is 24.3 Å². The molecule has 1 amide bonds. The number of para-hydroxylation sites is 1. The number of nitriles is 1. The normalized spacial score (nSPS) is 10.5. The lowest BCUT2D eigenvalue weighted by atomic mass is 10.1. The molecule has 0 aliphatic rings. The first-order valence-electron chi connectivity index (χ1n) is 7.36. The Morgan fingerprint density at radius 2 is 2.17 bits per heavy atom. The maximum Gasteiger partial charge on any atom is 0.262 e. The zero-order valence-corrected chi connectivity index (χ0v) is 13.1. The number of ether oxygens (including phenoxy) is 1. The van der Waals surface area contributed by atoms with Crippen molar-refractivity contribution in [1.82, 2.24) is 10.3 Å². The van der Waals surface area contributed by atoms with E-state index in [2.05, 4.69) is 16.9 Å². The highest BCUT2D eigenvalue weighted by Crippen LogP contribution is 2.21. The van der Waals surface area contributed by atoms with E-state index in [9.17, 15) is 10.1 Å². The number of pyridine rings is 1. The number of carbonyl (C=O) groups is 1. The molecule has 1 N–H and O–H groups in total. The molecule has 0 bridgehead atoms. The molecule has 0 atom stereocenters. The van der Waals surface area contributed by atoms with E-state index < -0.39 is 5.91 Å². The summed E-state index contributed by atoms with van der Waals surface area (Å²) in [6.07, 6.45) is 6.46. The predicted octanol–water partition coefficient (Wildman–Crippen LogP) is 2.87. The number of hydrogen-bond donors (Lipinski definition) is 1. The number of nitrogens with one attached hydrogen (secondary N) is 1. The van der Waals surface area contributed by atoms with Crippen molar-refractivity contribution in [2.75, 3.05) is 6.61 Å². The van der Waals surface area contributed by atoms with Gasteiger partial charge < -0.3 is 10.1 Å². The zero-order chi connectivity index (χ0) is 17.2. The van der Waals surface area contributed by atoms with E-state index in [4.69, 9.17) is 4.74 Å². The average Bonchev–Trinajstić information content (AvgIpc) is 2.64. The third kappa shape index (κ3) is 4.82. The molecule has 24 heavy (non-hydrogen) atoms. The van der Waals surface area contributed by atoms with Gasteiger partial charge in [0.1, 0.15) is 24.0 Å². The third-order valence-corrected chi connectivity index (χ3v) is 3.12. The van der Waals surface area contributed by atoms with Crippen LogP contribution < -0.4 is 10.1 Å². The van der Waals surface area contributed by atoms with Crippen molar-refractivity contribution in [3.05, 3.63) is 78.1 Å². The molecule has 0 radical (unpaired) electrons. The van der Waals surface area contributed by atoms with E-state index in [1.165, 1.54) is 6.08 Å². The maximum atomic E-state index is 12.2. The largest absolute Gasteiger partial charge is 0.489 e. The number of aromatic nitrogens is 1. The van der Waals surface area contributed by atoms with E-state index >= 15 is 0 Å². The van der Waals surface area contributed by atoms with Crippen LogP contribution in [-0.2, 0) is 11.3 Å². The van der Waals surface area contributed by atoms with Crippen LogP contribution in [0.4, 0.5) is 0 Å². The van der Waals surface area contributed by atoms with Crippen LogP contribution in [0.2, 0.25) is 0 Å². The fraction of sp³-hybridized carbons (Fsp3) is 0.105. The number of hydrogen-bond acceptors (Lipinski definition) is 4. The lowest BCUT2D eigenvalue weighted by molar-refractivity contribution is -0.117. The van der Waals surface area contributed by atoms with Gasteiger partial charge in [0.05, 0.1) is 0 Å². The van der Waals surface area contributed by atoms with Crippen LogP contribution in [0.1, 0.15) is 11.1 Å². The number of carbonyl (C=O) groups excluding carboxylic acids is 1. The van der Waals surface area contributed by atoms with Crippen LogP contribution in [0, 0.1) is 11.3 Å². The zero-order valence-electron chi connectivity index (χ0n) is 13.1. The van der Waals surface area contributed by atoms with Crippen molar-refractivity contribution in [2.24, 2.45) is 0 Å². The summed E-state index contributed by atoms with van der Waals surface area (Å²) in [5.41, 5.74) is 1.53. The second-order valence-corrected chi connectivity index (χ2v) is 4.85. The molecular formula is C19H17N3O2. The van der Waals surface area contributed by atoms with Crippen LogP contribution in [0.15, 0.2) is 67.0 Å². The van der Waals surface area contributed by atoms with Crippen LogP contribution in [-0.4, -0.2) is 17.5 Å². The first kappa shape index (κ1) is 17.0. The third-order valence-electron chi connectivity index (χ3n) is 3.12. The van der Waals surface area contributed by atoms with Gasteiger partial charge in [-0.05, 0) is 23.8 Å². The van der Waals surface area contributed by atoms with Crippen molar-refractivity contribution in [3.63, 3.8) is 0 Å². The summed E-state index contributed by atoms with van der Waals surface area (Å²) < 4.78 is 5.53. The highest BCUT2D eigenvalue weighted by Gasteiger charge is 2.10. The Kier molecular flexibility index (Phi) is 6.30. The Balaban J connectivity index is 2.12. The second kappa shape index (κ2) is 8.91. The van der Waals surface area contributed by atoms with Gasteiger partial charge in [0.15, 0.2) is 0 Å². The van der Waals surface area contributed by atoms with E-state index in [0.717, 1.165) is 5.56 Å². The van der Waals surface area contributed by atoms with Crippen LogP contribution in [0.5, 0.6) is 5.75 Å². The molecule has 5 nitrogen and oxygen atoms in total. The highest BCUT2D eigenvalue weighted by atomic mass is 16.5. The summed E-state index contributed by atoms with van der Waals surface area (Å²) in [7, 11) is 0. The van der Waals surface area contributed by atoms with Crippen molar-refractivity contribution < 1.29 is 9.53 Å². The molecule has 0 aliphatic heterocycles. The molecule has 120 valence electrons. The molecular weight excluding hydrogens is 302 g/mol. The smallest absolute Gasteiger partial charge is 0.262 e. The summed E-state index contributed by atoms with van der Waals surface area (Å²) >= 11 is 0. The molecule has 0 unspecified atom stereocenters. The topological polar surface area (TPSA) is 75.0 Å². The van der Waals surface area contributed by atoms with Gasteiger partial charge in [0.2, 0.25) is 0 Å². The molecule has 1 aromatic carbocycles. The molecule has 1 aromatic heterocycles. The molecule has 2 aromatic rings. The summed E-state index contributed by atoms with van der Waals surface area (Å²) in [4.78, 5) is 16.2. The second-order valence-electron chi connectivity index (χ2n) is 4.85. The van der Waals surface area contributed by atoms with Gasteiger partial charge in [-0.15, -0.1) is 0 Å². The molecule has 1 heterocycles. The Labute approximate surface area is 140 Å². The van der Waals surface area contributed by atoms with Gasteiger partial charge in [-0.1, -0.05) is 36.9 Å². The van der Waals surface area contributed by atoms with Gasteiger partial charge in [-0.2, -0.15) is 5.26 Å². The Bertz CT molecular complexity index is 777. The van der Waals surface area contributed by atoms with Crippen LogP contribution >= 0.6 is 0 Å². The lowest BCUT2D eigenvalue weighted by Crippen LogP contribution is -2.24. The van der Waals surface area contributed by atoms with Gasteiger partial charge >= 0.3 is 0 Å². The number of benzene rings is 1. The number of amides is 1. The maximum absolute atomic E-state index is 12.2. The molecule has 5 heteroatoms. The molecule has 0 saturated carbocycles. The summed E-state index contributed by atoms with van der Waals surface area (Å²) in [5.74, 6) is 0.144. The van der Waals surface area contributed by atoms with Crippen molar-refractivity contribution in [1.29, 1.82) is 5.26 Å². The van der Waals surface area contributed by atoms with E-state index in [1.54, 1.807) is 36.7 Å². The summed E-state index contributed by atoms with van der Waals surface area (Å²) in [6, 6.07) is 12.8. The summed E-state index contributed by atoms with van der Waals surface area (Å²) in [6.45, 7) is 4.25. The number of rotatable bonds is 7. The summed E-state index contributed by atoms with van der Waals surface area (Å²) in [5, 5.41) is 12.0. The fourth-order valence-corrected chi connectivity index (χ4v) is 1.96. The monoisotopic (exact) mass is 319 g/mol. The van der Waals surface area contributed by atoms with E-state index in [-0.39, 0.29) is 5.57 Å². The quantitative estimate of drug-likeness (QED) is 0.484. The SMILES string of the molecule is C=CCOc1ccccc1C=C(C#N)C(=O)NCc1cccnc1. The number of nitrogens with zero attached hydrogens (tertiary/aromatic N) is 2. The fourth-order valence-electron chi connectivity index (χ4n) is 1.96. The first-order chi connectivity index (χ1) is 11.7. The van der Waals surface area contributed by atoms with Crippen molar-refractivity contribution >= 4 is 12.0 Å². The van der Waals surface area contributed by atoms with Gasteiger partial charge in [-0.3, -0.25) is 9.78 Å². The molecule has 0 saturated heterocycles. The minimum Gasteiger partial charge on any atom is -0.489 e. The van der Waals surface area contributed by atoms with Crippen LogP contribution in [0.25, 0.3) is 6.08 Å². The Morgan fingerprint density at radius 3 is 2.88 bits per heavy atom. The Hall–Kier alpha value is -3.39. The van der Waals surface area contributed by atoms with Gasteiger partial charge in [0.25, 0.3) is 5.91 Å². The molecule has 0 fully saturated rings. The van der Waals surface area contributed by atoms with Crippen molar-refractivity contribution in [2.45, 2.75) is 6.54 Å². The minimum atomic E-state index is -0.445. The predicted molar refractivity (Wildman–Crippen MR) is 91.8 cm³/mol. The Morgan fingerprint density at radius 1 is 1.33 bits per heavy atom. The standard InChI is InChI=1S/C19H17N3O2/c1-2-10-24-18-8-4-3-7-16(18)11-17(12-20)19(23)22-14-15-6-5-9-21-13-15/h2-9,11,13H,1,10,14H2,(H,22,23). The molecule has 2 rings (SSSR count). The van der Waals surface area contributed by atoms with Gasteiger partial charge in [0, 0.05) is 24.5 Å². The van der Waals surface area contributed by atoms with Crippen molar-refractivity contribution in [3.8, 4) is 11.8 Å². The average molecular weight is 319 g/mol. The van der Waals surface area contributed by atoms with Crippen LogP contribution in [0.3, 0.4) is 0 Å². The molecule has 0 aliphatic carbocycles. The van der Waals surface area contributed by atoms with Gasteiger partial charge in [-0.25, -0.2) is 0 Å². The lowest BCUT2D eigenvalue weighted by Gasteiger charge is -2.08. The first-order valence-corrected chi connectivity index (χ1v) is 7.36. The highest BCUT2D eigenvalue weighted by molar-refractivity contribution is 6.01. The van der Waals surface area contributed by atoms with E-state index in [0.29, 0.717) is 24.5 Å². The molecule has 0 spiro atoms. The minimum absolute atomic E-state index is 0.00791.